The number of nitrogens with zero attached hydrogens (tertiary/aromatic N) is 1. The Hall–Kier alpha value is -0.550. The van der Waals surface area contributed by atoms with E-state index in [1.807, 2.05) is 0 Å². The maximum Gasteiger partial charge on any atom is 0.0703 e. The van der Waals surface area contributed by atoms with Crippen molar-refractivity contribution in [3.63, 3.8) is 0 Å². The maximum atomic E-state index is 8.95. The number of hydrogen-bond acceptors (Lipinski definition) is 2. The van der Waals surface area contributed by atoms with Crippen LogP contribution in [-0.4, -0.2) is 13.1 Å². The molecule has 0 aliphatic heterocycles. The maximum absolute atomic E-state index is 8.95. The van der Waals surface area contributed by atoms with Crippen LogP contribution >= 0.6 is 0 Å². The molecule has 62 valence electrons. The van der Waals surface area contributed by atoms with E-state index in [0.29, 0.717) is 0 Å². The summed E-state index contributed by atoms with van der Waals surface area (Å²) in [5, 5.41) is 12.2. The first-order chi connectivity index (χ1) is 5.33. The minimum absolute atomic E-state index is 0.0178. The van der Waals surface area contributed by atoms with E-state index in [9.17, 15) is 0 Å². The predicted octanol–water partition coefficient (Wildman–Crippen LogP) is 1.68. The minimum Gasteiger partial charge on any atom is -0.315 e. The molecule has 0 radical (unpaired) electrons. The Labute approximate surface area is 68.6 Å². The first kappa shape index (κ1) is 8.55. The molecule has 0 aromatic carbocycles. The van der Waals surface area contributed by atoms with Gasteiger partial charge >= 0.3 is 0 Å². The van der Waals surface area contributed by atoms with Crippen LogP contribution in [0.15, 0.2) is 0 Å². The highest BCUT2D eigenvalue weighted by Crippen LogP contribution is 2.36. The molecule has 0 saturated heterocycles. The summed E-state index contributed by atoms with van der Waals surface area (Å²) >= 11 is 0. The molecule has 1 fully saturated rings. The molecular weight excluding hydrogens is 136 g/mol. The van der Waals surface area contributed by atoms with Gasteiger partial charge in [0.2, 0.25) is 0 Å². The van der Waals surface area contributed by atoms with Gasteiger partial charge in [-0.3, -0.25) is 0 Å². The van der Waals surface area contributed by atoms with Gasteiger partial charge in [-0.05, 0) is 19.4 Å². The third-order valence-electron chi connectivity index (χ3n) is 2.51. The SMILES string of the molecule is CCNCC1(C#N)CCCC1. The fourth-order valence-electron chi connectivity index (χ4n) is 1.74. The Morgan fingerprint density at radius 1 is 1.45 bits per heavy atom. The molecule has 0 spiro atoms. The van der Waals surface area contributed by atoms with Crippen molar-refractivity contribution in [2.24, 2.45) is 5.41 Å². The van der Waals surface area contributed by atoms with Gasteiger partial charge < -0.3 is 5.32 Å². The molecule has 0 amide bonds. The van der Waals surface area contributed by atoms with Crippen LogP contribution in [0.25, 0.3) is 0 Å². The van der Waals surface area contributed by atoms with Gasteiger partial charge in [0.05, 0.1) is 11.5 Å². The van der Waals surface area contributed by atoms with E-state index in [4.69, 9.17) is 5.26 Å². The molecule has 1 saturated carbocycles. The lowest BCUT2D eigenvalue weighted by Gasteiger charge is -2.19. The van der Waals surface area contributed by atoms with Crippen molar-refractivity contribution in [3.8, 4) is 6.07 Å². The van der Waals surface area contributed by atoms with Gasteiger partial charge in [-0.2, -0.15) is 5.26 Å². The van der Waals surface area contributed by atoms with E-state index in [2.05, 4.69) is 18.3 Å². The van der Waals surface area contributed by atoms with Gasteiger partial charge in [-0.1, -0.05) is 19.8 Å². The summed E-state index contributed by atoms with van der Waals surface area (Å²) in [7, 11) is 0. The van der Waals surface area contributed by atoms with Gasteiger partial charge in [0.15, 0.2) is 0 Å². The zero-order valence-corrected chi connectivity index (χ0v) is 7.19. The zero-order valence-electron chi connectivity index (χ0n) is 7.19. The summed E-state index contributed by atoms with van der Waals surface area (Å²) in [5.74, 6) is 0. The minimum atomic E-state index is -0.0178. The first-order valence-corrected chi connectivity index (χ1v) is 4.45. The summed E-state index contributed by atoms with van der Waals surface area (Å²) in [5.41, 5.74) is -0.0178. The molecule has 11 heavy (non-hydrogen) atoms. The highest BCUT2D eigenvalue weighted by molar-refractivity contribution is 5.03. The van der Waals surface area contributed by atoms with Gasteiger partial charge in [0.25, 0.3) is 0 Å². The van der Waals surface area contributed by atoms with Crippen molar-refractivity contribution >= 4 is 0 Å². The molecule has 0 atom stereocenters. The largest absolute Gasteiger partial charge is 0.315 e. The van der Waals surface area contributed by atoms with Gasteiger partial charge in [0.1, 0.15) is 0 Å². The third kappa shape index (κ3) is 1.94. The summed E-state index contributed by atoms with van der Waals surface area (Å²) in [4.78, 5) is 0. The molecular formula is C9H16N2. The predicted molar refractivity (Wildman–Crippen MR) is 45.1 cm³/mol. The second-order valence-corrected chi connectivity index (χ2v) is 3.38. The summed E-state index contributed by atoms with van der Waals surface area (Å²) in [6, 6.07) is 2.45. The first-order valence-electron chi connectivity index (χ1n) is 4.45. The lowest BCUT2D eigenvalue weighted by molar-refractivity contribution is 0.383. The molecule has 0 aromatic rings. The highest BCUT2D eigenvalue weighted by atomic mass is 14.9. The van der Waals surface area contributed by atoms with Crippen molar-refractivity contribution in [2.75, 3.05) is 13.1 Å². The molecule has 2 nitrogen and oxygen atoms in total. The van der Waals surface area contributed by atoms with Crippen LogP contribution in [0.5, 0.6) is 0 Å². The number of hydrogen-bond donors (Lipinski definition) is 1. The van der Waals surface area contributed by atoms with Crippen LogP contribution in [0.4, 0.5) is 0 Å². The zero-order chi connectivity index (χ0) is 8.16. The molecule has 0 aromatic heterocycles. The van der Waals surface area contributed by atoms with E-state index < -0.39 is 0 Å². The van der Waals surface area contributed by atoms with E-state index >= 15 is 0 Å². The number of rotatable bonds is 3. The van der Waals surface area contributed by atoms with Crippen molar-refractivity contribution in [2.45, 2.75) is 32.6 Å². The topological polar surface area (TPSA) is 35.8 Å². The van der Waals surface area contributed by atoms with Crippen LogP contribution in [0.2, 0.25) is 0 Å². The molecule has 0 bridgehead atoms. The van der Waals surface area contributed by atoms with Crippen LogP contribution in [-0.2, 0) is 0 Å². The Kier molecular flexibility index (Phi) is 2.90. The average molecular weight is 152 g/mol. The molecule has 1 rings (SSSR count). The Morgan fingerprint density at radius 3 is 2.55 bits per heavy atom. The van der Waals surface area contributed by atoms with Crippen molar-refractivity contribution < 1.29 is 0 Å². The third-order valence-corrected chi connectivity index (χ3v) is 2.51. The number of nitriles is 1. The smallest absolute Gasteiger partial charge is 0.0703 e. The van der Waals surface area contributed by atoms with Crippen LogP contribution in [0, 0.1) is 16.7 Å². The van der Waals surface area contributed by atoms with Crippen LogP contribution in [0.3, 0.4) is 0 Å². The lowest BCUT2D eigenvalue weighted by Crippen LogP contribution is -2.30. The molecule has 0 heterocycles. The van der Waals surface area contributed by atoms with Gasteiger partial charge in [0, 0.05) is 6.54 Å². The van der Waals surface area contributed by atoms with Crippen molar-refractivity contribution in [3.05, 3.63) is 0 Å². The van der Waals surface area contributed by atoms with Crippen LogP contribution < -0.4 is 5.32 Å². The summed E-state index contributed by atoms with van der Waals surface area (Å²) in [6.45, 7) is 3.95. The van der Waals surface area contributed by atoms with Crippen molar-refractivity contribution in [1.29, 1.82) is 5.26 Å². The Bertz CT molecular complexity index is 151. The molecule has 1 N–H and O–H groups in total. The fraction of sp³-hybridized carbons (Fsp3) is 0.889. The summed E-state index contributed by atoms with van der Waals surface area (Å²) in [6.07, 6.45) is 4.66. The molecule has 1 aliphatic carbocycles. The fourth-order valence-corrected chi connectivity index (χ4v) is 1.74. The lowest BCUT2D eigenvalue weighted by atomic mass is 9.88. The van der Waals surface area contributed by atoms with E-state index in [0.717, 1.165) is 25.9 Å². The monoisotopic (exact) mass is 152 g/mol. The molecule has 2 heteroatoms. The number of nitrogens with one attached hydrogen (secondary N) is 1. The van der Waals surface area contributed by atoms with Crippen molar-refractivity contribution in [1.82, 2.24) is 5.32 Å². The standard InChI is InChI=1S/C9H16N2/c1-2-11-8-9(7-10)5-3-4-6-9/h11H,2-6,8H2,1H3. The van der Waals surface area contributed by atoms with Gasteiger partial charge in [-0.25, -0.2) is 0 Å². The van der Waals surface area contributed by atoms with E-state index in [1.54, 1.807) is 0 Å². The van der Waals surface area contributed by atoms with E-state index in [-0.39, 0.29) is 5.41 Å². The second-order valence-electron chi connectivity index (χ2n) is 3.38. The van der Waals surface area contributed by atoms with Crippen LogP contribution in [0.1, 0.15) is 32.6 Å². The molecule has 1 aliphatic rings. The normalized spacial score (nSPS) is 21.5. The van der Waals surface area contributed by atoms with E-state index in [1.165, 1.54) is 12.8 Å². The quantitative estimate of drug-likeness (QED) is 0.668. The highest BCUT2D eigenvalue weighted by Gasteiger charge is 2.32. The van der Waals surface area contributed by atoms with Gasteiger partial charge in [-0.15, -0.1) is 0 Å². The molecule has 0 unspecified atom stereocenters. The Morgan fingerprint density at radius 2 is 2.09 bits per heavy atom. The Balaban J connectivity index is 2.41. The second kappa shape index (κ2) is 3.73. The average Bonchev–Trinajstić information content (AvgIpc) is 2.50. The summed E-state index contributed by atoms with van der Waals surface area (Å²) < 4.78 is 0.